The highest BCUT2D eigenvalue weighted by Gasteiger charge is 2.53. The smallest absolute Gasteiger partial charge is 0.0331 e. The summed E-state index contributed by atoms with van der Waals surface area (Å²) >= 11 is 0. The Hall–Kier alpha value is -0.820. The van der Waals surface area contributed by atoms with Crippen LogP contribution < -0.4 is 5.73 Å². The quantitative estimate of drug-likeness (QED) is 0.821. The Morgan fingerprint density at radius 3 is 2.41 bits per heavy atom. The molecule has 3 unspecified atom stereocenters. The summed E-state index contributed by atoms with van der Waals surface area (Å²) in [6, 6.07) is 6.86. The normalized spacial score (nSPS) is 33.0. The van der Waals surface area contributed by atoms with E-state index in [-0.39, 0.29) is 6.04 Å². The Bertz CT molecular complexity index is 412. The van der Waals surface area contributed by atoms with E-state index in [0.717, 1.165) is 17.8 Å². The van der Waals surface area contributed by atoms with Gasteiger partial charge < -0.3 is 5.73 Å². The summed E-state index contributed by atoms with van der Waals surface area (Å²) in [5.41, 5.74) is 10.7. The van der Waals surface area contributed by atoms with Crippen LogP contribution in [0.25, 0.3) is 0 Å². The average Bonchev–Trinajstić information content (AvgIpc) is 3.06. The highest BCUT2D eigenvalue weighted by molar-refractivity contribution is 5.36. The Labute approximate surface area is 104 Å². The van der Waals surface area contributed by atoms with E-state index in [4.69, 9.17) is 5.73 Å². The van der Waals surface area contributed by atoms with Gasteiger partial charge in [0.1, 0.15) is 0 Å². The minimum absolute atomic E-state index is 0.281. The van der Waals surface area contributed by atoms with Crippen molar-refractivity contribution < 1.29 is 0 Å². The summed E-state index contributed by atoms with van der Waals surface area (Å²) in [6.45, 7) is 4.40. The standard InChI is InChI=1S/C16H23N/c1-10-6-5-9-12(11(10)2)16(17)15-13-7-3-4-8-14(13)15/h5-6,9,13-16H,3-4,7-8,17H2,1-2H3. The minimum Gasteiger partial charge on any atom is -0.324 e. The van der Waals surface area contributed by atoms with Crippen LogP contribution in [0.15, 0.2) is 18.2 Å². The molecule has 2 N–H and O–H groups in total. The molecule has 0 spiro atoms. The van der Waals surface area contributed by atoms with Crippen molar-refractivity contribution in [2.24, 2.45) is 23.5 Å². The van der Waals surface area contributed by atoms with Gasteiger partial charge in [-0.05, 0) is 61.1 Å². The second-order valence-corrected chi connectivity index (χ2v) is 6.00. The van der Waals surface area contributed by atoms with Gasteiger partial charge in [0.15, 0.2) is 0 Å². The molecule has 1 aromatic rings. The Kier molecular flexibility index (Phi) is 2.74. The zero-order chi connectivity index (χ0) is 12.0. The zero-order valence-corrected chi connectivity index (χ0v) is 10.9. The lowest BCUT2D eigenvalue weighted by Crippen LogP contribution is -2.16. The Morgan fingerprint density at radius 2 is 1.76 bits per heavy atom. The molecule has 0 saturated heterocycles. The van der Waals surface area contributed by atoms with Crippen molar-refractivity contribution in [3.63, 3.8) is 0 Å². The molecule has 1 nitrogen and oxygen atoms in total. The molecule has 2 aliphatic rings. The van der Waals surface area contributed by atoms with E-state index in [1.807, 2.05) is 0 Å². The van der Waals surface area contributed by atoms with Gasteiger partial charge in [-0.2, -0.15) is 0 Å². The maximum atomic E-state index is 6.53. The number of hydrogen-bond donors (Lipinski definition) is 1. The van der Waals surface area contributed by atoms with Gasteiger partial charge in [-0.1, -0.05) is 31.0 Å². The molecule has 2 fully saturated rings. The predicted octanol–water partition coefficient (Wildman–Crippen LogP) is 3.74. The zero-order valence-electron chi connectivity index (χ0n) is 10.9. The van der Waals surface area contributed by atoms with E-state index in [0.29, 0.717) is 0 Å². The third kappa shape index (κ3) is 1.81. The average molecular weight is 229 g/mol. The molecule has 3 rings (SSSR count). The number of fused-ring (bicyclic) bond motifs is 1. The van der Waals surface area contributed by atoms with E-state index in [9.17, 15) is 0 Å². The van der Waals surface area contributed by atoms with Crippen molar-refractivity contribution in [2.45, 2.75) is 45.6 Å². The minimum atomic E-state index is 0.281. The fraction of sp³-hybridized carbons (Fsp3) is 0.625. The molecule has 2 saturated carbocycles. The third-order valence-corrected chi connectivity index (χ3v) is 5.14. The molecule has 92 valence electrons. The number of rotatable bonds is 2. The number of hydrogen-bond acceptors (Lipinski definition) is 1. The lowest BCUT2D eigenvalue weighted by molar-refractivity contribution is 0.480. The van der Waals surface area contributed by atoms with Crippen molar-refractivity contribution in [1.29, 1.82) is 0 Å². The second kappa shape index (κ2) is 4.13. The maximum absolute atomic E-state index is 6.53. The first-order chi connectivity index (χ1) is 8.20. The highest BCUT2D eigenvalue weighted by Crippen LogP contribution is 2.59. The van der Waals surface area contributed by atoms with Crippen LogP contribution >= 0.6 is 0 Å². The van der Waals surface area contributed by atoms with Crippen LogP contribution in [0.2, 0.25) is 0 Å². The predicted molar refractivity (Wildman–Crippen MR) is 71.8 cm³/mol. The summed E-state index contributed by atoms with van der Waals surface area (Å²) in [6.07, 6.45) is 5.70. The molecule has 0 aromatic heterocycles. The number of nitrogens with two attached hydrogens (primary N) is 1. The topological polar surface area (TPSA) is 26.0 Å². The van der Waals surface area contributed by atoms with Crippen LogP contribution in [-0.2, 0) is 0 Å². The van der Waals surface area contributed by atoms with Gasteiger partial charge in [0.2, 0.25) is 0 Å². The van der Waals surface area contributed by atoms with Crippen molar-refractivity contribution in [3.8, 4) is 0 Å². The summed E-state index contributed by atoms with van der Waals surface area (Å²) in [5, 5.41) is 0. The lowest BCUT2D eigenvalue weighted by atomic mass is 9.94. The summed E-state index contributed by atoms with van der Waals surface area (Å²) < 4.78 is 0. The van der Waals surface area contributed by atoms with Crippen molar-refractivity contribution in [2.75, 3.05) is 0 Å². The van der Waals surface area contributed by atoms with Crippen molar-refractivity contribution in [3.05, 3.63) is 34.9 Å². The fourth-order valence-corrected chi connectivity index (χ4v) is 3.92. The molecular formula is C16H23N. The summed E-state index contributed by atoms with van der Waals surface area (Å²) in [7, 11) is 0. The Balaban J connectivity index is 1.83. The fourth-order valence-electron chi connectivity index (χ4n) is 3.92. The van der Waals surface area contributed by atoms with Gasteiger partial charge in [-0.15, -0.1) is 0 Å². The first kappa shape index (κ1) is 11.3. The molecule has 1 aromatic carbocycles. The number of benzene rings is 1. The molecule has 0 amide bonds. The maximum Gasteiger partial charge on any atom is 0.0331 e. The molecule has 0 heterocycles. The number of aryl methyl sites for hydroxylation is 1. The van der Waals surface area contributed by atoms with Crippen LogP contribution in [0, 0.1) is 31.6 Å². The summed E-state index contributed by atoms with van der Waals surface area (Å²) in [5.74, 6) is 2.66. The van der Waals surface area contributed by atoms with Gasteiger partial charge >= 0.3 is 0 Å². The first-order valence-electron chi connectivity index (χ1n) is 7.02. The third-order valence-electron chi connectivity index (χ3n) is 5.14. The lowest BCUT2D eigenvalue weighted by Gasteiger charge is -2.16. The molecule has 0 radical (unpaired) electrons. The second-order valence-electron chi connectivity index (χ2n) is 6.00. The van der Waals surface area contributed by atoms with Gasteiger partial charge in [0.25, 0.3) is 0 Å². The van der Waals surface area contributed by atoms with Crippen molar-refractivity contribution in [1.82, 2.24) is 0 Å². The van der Waals surface area contributed by atoms with E-state index in [1.54, 1.807) is 0 Å². The van der Waals surface area contributed by atoms with E-state index in [1.165, 1.54) is 42.4 Å². The van der Waals surface area contributed by atoms with Crippen molar-refractivity contribution >= 4 is 0 Å². The molecule has 3 atom stereocenters. The SMILES string of the molecule is Cc1cccc(C(N)C2C3CCCCC32)c1C. The molecule has 2 aliphatic carbocycles. The molecular weight excluding hydrogens is 206 g/mol. The van der Waals surface area contributed by atoms with Gasteiger partial charge in [0.05, 0.1) is 0 Å². The van der Waals surface area contributed by atoms with Gasteiger partial charge in [0, 0.05) is 6.04 Å². The van der Waals surface area contributed by atoms with Crippen LogP contribution in [0.5, 0.6) is 0 Å². The van der Waals surface area contributed by atoms with Crippen LogP contribution in [0.1, 0.15) is 48.4 Å². The molecule has 0 aliphatic heterocycles. The monoisotopic (exact) mass is 229 g/mol. The van der Waals surface area contributed by atoms with Crippen LogP contribution in [0.3, 0.4) is 0 Å². The molecule has 17 heavy (non-hydrogen) atoms. The molecule has 1 heteroatoms. The van der Waals surface area contributed by atoms with Gasteiger partial charge in [-0.3, -0.25) is 0 Å². The van der Waals surface area contributed by atoms with E-state index < -0.39 is 0 Å². The van der Waals surface area contributed by atoms with Gasteiger partial charge in [-0.25, -0.2) is 0 Å². The highest BCUT2D eigenvalue weighted by atomic mass is 14.7. The van der Waals surface area contributed by atoms with E-state index in [2.05, 4.69) is 32.0 Å². The summed E-state index contributed by atoms with van der Waals surface area (Å²) in [4.78, 5) is 0. The largest absolute Gasteiger partial charge is 0.324 e. The van der Waals surface area contributed by atoms with E-state index >= 15 is 0 Å². The van der Waals surface area contributed by atoms with Crippen LogP contribution in [0.4, 0.5) is 0 Å². The Morgan fingerprint density at radius 1 is 1.12 bits per heavy atom. The first-order valence-corrected chi connectivity index (χ1v) is 7.02. The molecule has 0 bridgehead atoms. The van der Waals surface area contributed by atoms with Crippen LogP contribution in [-0.4, -0.2) is 0 Å².